The number of carbonyl (C=O) groups is 3. The standard InChI is InChI=1S/C27H31N5O4/c1-28-26(35)24(3-2-12-33)32-16-18-13-17(4-5-22(18)27(32)36)23-14-19(21-6-9-29-25(21)30-23)15-31-10-7-20(34)8-11-31/h4-6,9,12-14,20,24,34H,2-3,7-8,10-11,15-16H2,1H3,(H,28,35)(H,29,30). The van der Waals surface area contributed by atoms with Gasteiger partial charge in [0.15, 0.2) is 0 Å². The molecule has 1 aromatic carbocycles. The van der Waals surface area contributed by atoms with Crippen LogP contribution in [0.3, 0.4) is 0 Å². The molecule has 0 saturated carbocycles. The van der Waals surface area contributed by atoms with Gasteiger partial charge in [0.1, 0.15) is 18.0 Å². The number of hydrogen-bond acceptors (Lipinski definition) is 6. The maximum Gasteiger partial charge on any atom is 0.255 e. The highest BCUT2D eigenvalue weighted by atomic mass is 16.3. The van der Waals surface area contributed by atoms with Gasteiger partial charge in [0.25, 0.3) is 5.91 Å². The average molecular weight is 490 g/mol. The Morgan fingerprint density at radius 3 is 2.83 bits per heavy atom. The predicted molar refractivity (Wildman–Crippen MR) is 135 cm³/mol. The molecule has 0 spiro atoms. The summed E-state index contributed by atoms with van der Waals surface area (Å²) in [6, 6.07) is 9.14. The summed E-state index contributed by atoms with van der Waals surface area (Å²) in [7, 11) is 1.54. The molecule has 2 amide bonds. The number of H-pyrrole nitrogens is 1. The van der Waals surface area contributed by atoms with Crippen molar-refractivity contribution in [3.63, 3.8) is 0 Å². The second-order valence-corrected chi connectivity index (χ2v) is 9.59. The van der Waals surface area contributed by atoms with Crippen molar-refractivity contribution in [2.24, 2.45) is 0 Å². The zero-order valence-corrected chi connectivity index (χ0v) is 20.4. The van der Waals surface area contributed by atoms with Crippen LogP contribution in [0.15, 0.2) is 36.5 Å². The molecule has 2 aliphatic heterocycles. The van der Waals surface area contributed by atoms with Gasteiger partial charge in [0.2, 0.25) is 5.91 Å². The van der Waals surface area contributed by atoms with Gasteiger partial charge in [-0.25, -0.2) is 4.98 Å². The van der Waals surface area contributed by atoms with E-state index in [1.807, 2.05) is 24.4 Å². The number of pyridine rings is 1. The number of nitrogens with one attached hydrogen (secondary N) is 2. The molecule has 4 heterocycles. The summed E-state index contributed by atoms with van der Waals surface area (Å²) in [5.74, 6) is -0.469. The lowest BCUT2D eigenvalue weighted by Crippen LogP contribution is -2.46. The molecule has 36 heavy (non-hydrogen) atoms. The first-order valence-electron chi connectivity index (χ1n) is 12.5. The SMILES string of the molecule is CNC(=O)C(CCC=O)N1Cc2cc(-c3cc(CN4CCC(O)CC4)c4cc[nH]c4n3)ccc2C1=O. The zero-order chi connectivity index (χ0) is 25.2. The van der Waals surface area contributed by atoms with E-state index < -0.39 is 6.04 Å². The maximum atomic E-state index is 13.1. The molecule has 188 valence electrons. The fraction of sp³-hybridized carbons (Fsp3) is 0.407. The average Bonchev–Trinajstić information content (AvgIpc) is 3.50. The van der Waals surface area contributed by atoms with Gasteiger partial charge in [-0.2, -0.15) is 0 Å². The minimum absolute atomic E-state index is 0.197. The Morgan fingerprint density at radius 2 is 2.08 bits per heavy atom. The van der Waals surface area contributed by atoms with E-state index in [0.717, 1.165) is 66.6 Å². The molecule has 1 atom stereocenters. The summed E-state index contributed by atoms with van der Waals surface area (Å²) in [4.78, 5) is 48.5. The molecule has 2 aromatic heterocycles. The first kappa shape index (κ1) is 24.1. The molecule has 1 unspecified atom stereocenters. The lowest BCUT2D eigenvalue weighted by atomic mass is 10.0. The molecule has 9 heteroatoms. The fourth-order valence-corrected chi connectivity index (χ4v) is 5.28. The summed E-state index contributed by atoms with van der Waals surface area (Å²) in [5.41, 5.74) is 5.11. The highest BCUT2D eigenvalue weighted by Crippen LogP contribution is 2.32. The molecular formula is C27H31N5O4. The van der Waals surface area contributed by atoms with Crippen molar-refractivity contribution in [1.82, 2.24) is 25.1 Å². The van der Waals surface area contributed by atoms with E-state index in [2.05, 4.69) is 21.3 Å². The number of fused-ring (bicyclic) bond motifs is 2. The van der Waals surface area contributed by atoms with Gasteiger partial charge in [-0.3, -0.25) is 14.5 Å². The predicted octanol–water partition coefficient (Wildman–Crippen LogP) is 2.24. The van der Waals surface area contributed by atoms with E-state index in [1.54, 1.807) is 11.0 Å². The molecule has 3 N–H and O–H groups in total. The molecule has 1 fully saturated rings. The molecule has 0 radical (unpaired) electrons. The van der Waals surface area contributed by atoms with Crippen LogP contribution in [0.1, 0.15) is 47.2 Å². The number of likely N-dealkylation sites (tertiary alicyclic amines) is 1. The molecule has 0 aliphatic carbocycles. The van der Waals surface area contributed by atoms with Gasteiger partial charge in [-0.05, 0) is 54.7 Å². The lowest BCUT2D eigenvalue weighted by molar-refractivity contribution is -0.125. The number of aldehydes is 1. The van der Waals surface area contributed by atoms with Crippen LogP contribution in [-0.4, -0.2) is 75.3 Å². The van der Waals surface area contributed by atoms with Gasteiger partial charge in [0.05, 0.1) is 11.8 Å². The van der Waals surface area contributed by atoms with Crippen molar-refractivity contribution in [3.05, 3.63) is 53.2 Å². The number of aliphatic hydroxyl groups excluding tert-OH is 1. The smallest absolute Gasteiger partial charge is 0.255 e. The van der Waals surface area contributed by atoms with Gasteiger partial charge >= 0.3 is 0 Å². The number of aromatic amines is 1. The number of amides is 2. The van der Waals surface area contributed by atoms with Gasteiger partial charge in [-0.1, -0.05) is 6.07 Å². The molecule has 1 saturated heterocycles. The van der Waals surface area contributed by atoms with Crippen LogP contribution in [0.2, 0.25) is 0 Å². The Morgan fingerprint density at radius 1 is 1.28 bits per heavy atom. The van der Waals surface area contributed by atoms with E-state index in [9.17, 15) is 19.5 Å². The number of aliphatic hydroxyl groups is 1. The van der Waals surface area contributed by atoms with Crippen molar-refractivity contribution < 1.29 is 19.5 Å². The summed E-state index contributed by atoms with van der Waals surface area (Å²) < 4.78 is 0. The van der Waals surface area contributed by atoms with Crippen LogP contribution < -0.4 is 5.32 Å². The van der Waals surface area contributed by atoms with Crippen LogP contribution in [-0.2, 0) is 22.7 Å². The second kappa shape index (κ2) is 10.2. The summed E-state index contributed by atoms with van der Waals surface area (Å²) in [5, 5.41) is 13.5. The van der Waals surface area contributed by atoms with Crippen LogP contribution in [0.25, 0.3) is 22.3 Å². The first-order valence-corrected chi connectivity index (χ1v) is 12.5. The Balaban J connectivity index is 1.43. The topological polar surface area (TPSA) is 119 Å². The Hall–Kier alpha value is -3.56. The number of aromatic nitrogens is 2. The van der Waals surface area contributed by atoms with Crippen molar-refractivity contribution in [3.8, 4) is 11.3 Å². The quantitative estimate of drug-likeness (QED) is 0.418. The van der Waals surface area contributed by atoms with Crippen LogP contribution in [0, 0.1) is 0 Å². The normalized spacial score (nSPS) is 17.4. The molecule has 2 aliphatic rings. The third-order valence-corrected chi connectivity index (χ3v) is 7.28. The minimum atomic E-state index is -0.688. The van der Waals surface area contributed by atoms with Gasteiger partial charge in [-0.15, -0.1) is 0 Å². The van der Waals surface area contributed by atoms with E-state index >= 15 is 0 Å². The third-order valence-electron chi connectivity index (χ3n) is 7.28. The first-order chi connectivity index (χ1) is 17.5. The van der Waals surface area contributed by atoms with E-state index in [0.29, 0.717) is 12.1 Å². The number of benzene rings is 1. The summed E-state index contributed by atoms with van der Waals surface area (Å²) in [6.45, 7) is 2.81. The minimum Gasteiger partial charge on any atom is -0.393 e. The van der Waals surface area contributed by atoms with Crippen LogP contribution in [0.5, 0.6) is 0 Å². The number of hydrogen-bond donors (Lipinski definition) is 3. The second-order valence-electron chi connectivity index (χ2n) is 9.59. The fourth-order valence-electron chi connectivity index (χ4n) is 5.28. The number of likely N-dealkylation sites (N-methyl/N-ethyl adjacent to an activating group) is 1. The summed E-state index contributed by atoms with van der Waals surface area (Å²) >= 11 is 0. The van der Waals surface area contributed by atoms with Crippen molar-refractivity contribution in [1.29, 1.82) is 0 Å². The van der Waals surface area contributed by atoms with Crippen molar-refractivity contribution in [2.45, 2.75) is 50.9 Å². The monoisotopic (exact) mass is 489 g/mol. The van der Waals surface area contributed by atoms with E-state index in [1.165, 1.54) is 12.6 Å². The highest BCUT2D eigenvalue weighted by molar-refractivity contribution is 6.01. The Kier molecular flexibility index (Phi) is 6.84. The van der Waals surface area contributed by atoms with Crippen molar-refractivity contribution in [2.75, 3.05) is 20.1 Å². The van der Waals surface area contributed by atoms with Gasteiger partial charge in [0, 0.05) is 62.4 Å². The number of carbonyl (C=O) groups excluding carboxylic acids is 3. The lowest BCUT2D eigenvalue weighted by Gasteiger charge is -2.29. The Labute approximate surface area is 209 Å². The molecule has 0 bridgehead atoms. The zero-order valence-electron chi connectivity index (χ0n) is 20.4. The Bertz CT molecular complexity index is 1290. The van der Waals surface area contributed by atoms with Crippen LogP contribution >= 0.6 is 0 Å². The van der Waals surface area contributed by atoms with Crippen LogP contribution in [0.4, 0.5) is 0 Å². The number of rotatable bonds is 8. The number of nitrogens with zero attached hydrogens (tertiary/aromatic N) is 3. The van der Waals surface area contributed by atoms with E-state index in [4.69, 9.17) is 4.98 Å². The molecule has 5 rings (SSSR count). The van der Waals surface area contributed by atoms with Gasteiger partial charge < -0.3 is 25.1 Å². The highest BCUT2D eigenvalue weighted by Gasteiger charge is 2.36. The third kappa shape index (κ3) is 4.64. The molecular weight excluding hydrogens is 458 g/mol. The van der Waals surface area contributed by atoms with E-state index in [-0.39, 0.29) is 30.8 Å². The largest absolute Gasteiger partial charge is 0.393 e. The number of piperidine rings is 1. The molecule has 9 nitrogen and oxygen atoms in total. The maximum absolute atomic E-state index is 13.1. The molecule has 3 aromatic rings. The van der Waals surface area contributed by atoms with Crippen molar-refractivity contribution >= 4 is 29.1 Å². The summed E-state index contributed by atoms with van der Waals surface area (Å²) in [6.07, 6.45) is 4.52.